The van der Waals surface area contributed by atoms with Gasteiger partial charge in [0.2, 0.25) is 0 Å². The summed E-state index contributed by atoms with van der Waals surface area (Å²) in [7, 11) is 0. The Labute approximate surface area is 68.9 Å². The van der Waals surface area contributed by atoms with Gasteiger partial charge in [-0.2, -0.15) is 0 Å². The number of allylic oxidation sites excluding steroid dienone is 7. The van der Waals surface area contributed by atoms with E-state index in [-0.39, 0.29) is 0 Å². The second-order valence-corrected chi connectivity index (χ2v) is 2.21. The fourth-order valence-corrected chi connectivity index (χ4v) is 0.599. The fourth-order valence-electron chi connectivity index (χ4n) is 0.599. The van der Waals surface area contributed by atoms with Crippen LogP contribution in [0.3, 0.4) is 0 Å². The van der Waals surface area contributed by atoms with Gasteiger partial charge in [-0.1, -0.05) is 50.1 Å². The number of rotatable bonds is 4. The van der Waals surface area contributed by atoms with Gasteiger partial charge < -0.3 is 0 Å². The van der Waals surface area contributed by atoms with Gasteiger partial charge >= 0.3 is 0 Å². The van der Waals surface area contributed by atoms with Crippen LogP contribution in [0, 0.1) is 0 Å². The molecule has 0 bridgehead atoms. The van der Waals surface area contributed by atoms with Gasteiger partial charge in [-0.3, -0.25) is 0 Å². The fraction of sp³-hybridized carbons (Fsp3) is 0.0909. The zero-order valence-corrected chi connectivity index (χ0v) is 7.01. The molecule has 0 fully saturated rings. The van der Waals surface area contributed by atoms with E-state index in [1.54, 1.807) is 12.2 Å². The standard InChI is InChI=1S/C11H14/c1-5-7-9-11(4)10(3)8-6-2/h5-9H,1-2,4H2,3H3/b9-7-,10-8+. The van der Waals surface area contributed by atoms with Crippen LogP contribution in [0.4, 0.5) is 0 Å². The molecule has 0 heterocycles. The van der Waals surface area contributed by atoms with E-state index in [0.717, 1.165) is 11.1 Å². The first-order valence-corrected chi connectivity index (χ1v) is 3.50. The van der Waals surface area contributed by atoms with Crippen LogP contribution in [0.2, 0.25) is 0 Å². The minimum absolute atomic E-state index is 0.991. The second-order valence-electron chi connectivity index (χ2n) is 2.21. The van der Waals surface area contributed by atoms with Crippen molar-refractivity contribution in [1.29, 1.82) is 0 Å². The van der Waals surface area contributed by atoms with Gasteiger partial charge in [-0.25, -0.2) is 0 Å². The molecule has 0 aliphatic heterocycles. The summed E-state index contributed by atoms with van der Waals surface area (Å²) in [5, 5.41) is 0. The third kappa shape index (κ3) is 4.15. The van der Waals surface area contributed by atoms with Crippen LogP contribution in [0.15, 0.2) is 61.3 Å². The molecule has 0 saturated carbocycles. The van der Waals surface area contributed by atoms with Gasteiger partial charge in [0.15, 0.2) is 0 Å². The number of hydrogen-bond donors (Lipinski definition) is 0. The zero-order chi connectivity index (χ0) is 8.69. The van der Waals surface area contributed by atoms with Crippen molar-refractivity contribution < 1.29 is 0 Å². The Morgan fingerprint density at radius 3 is 2.27 bits per heavy atom. The molecule has 0 N–H and O–H groups in total. The van der Waals surface area contributed by atoms with E-state index in [1.165, 1.54) is 0 Å². The molecule has 0 rings (SSSR count). The Hall–Kier alpha value is -1.30. The van der Waals surface area contributed by atoms with Gasteiger partial charge in [0, 0.05) is 0 Å². The van der Waals surface area contributed by atoms with E-state index in [9.17, 15) is 0 Å². The molecule has 0 aliphatic rings. The summed E-state index contributed by atoms with van der Waals surface area (Å²) in [6.45, 7) is 13.0. The topological polar surface area (TPSA) is 0 Å². The predicted octanol–water partition coefficient (Wildman–Crippen LogP) is 3.42. The number of hydrogen-bond acceptors (Lipinski definition) is 0. The highest BCUT2D eigenvalue weighted by Crippen LogP contribution is 2.07. The maximum Gasteiger partial charge on any atom is -0.0299 e. The first-order valence-electron chi connectivity index (χ1n) is 3.50. The monoisotopic (exact) mass is 146 g/mol. The van der Waals surface area contributed by atoms with E-state index in [4.69, 9.17) is 0 Å². The molecule has 0 aromatic carbocycles. The lowest BCUT2D eigenvalue weighted by Gasteiger charge is -1.96. The van der Waals surface area contributed by atoms with Crippen LogP contribution in [-0.2, 0) is 0 Å². The summed E-state index contributed by atoms with van der Waals surface area (Å²) in [6.07, 6.45) is 9.19. The van der Waals surface area contributed by atoms with Crippen molar-refractivity contribution in [2.24, 2.45) is 0 Å². The summed E-state index contributed by atoms with van der Waals surface area (Å²) in [5.74, 6) is 0. The van der Waals surface area contributed by atoms with Crippen molar-refractivity contribution in [1.82, 2.24) is 0 Å². The summed E-state index contributed by atoms with van der Waals surface area (Å²) < 4.78 is 0. The van der Waals surface area contributed by atoms with Crippen LogP contribution in [0.1, 0.15) is 6.92 Å². The molecule has 0 atom stereocenters. The molecule has 0 saturated heterocycles. The van der Waals surface area contributed by atoms with Crippen molar-refractivity contribution in [3.63, 3.8) is 0 Å². The molecule has 0 radical (unpaired) electrons. The Morgan fingerprint density at radius 1 is 1.18 bits per heavy atom. The molecule has 0 aromatic rings. The smallest absolute Gasteiger partial charge is 0.0299 e. The molecule has 0 spiro atoms. The van der Waals surface area contributed by atoms with Crippen LogP contribution in [0.5, 0.6) is 0 Å². The molecule has 0 unspecified atom stereocenters. The Morgan fingerprint density at radius 2 is 1.82 bits per heavy atom. The van der Waals surface area contributed by atoms with E-state index in [0.29, 0.717) is 0 Å². The van der Waals surface area contributed by atoms with Crippen LogP contribution in [-0.4, -0.2) is 0 Å². The van der Waals surface area contributed by atoms with Gasteiger partial charge in [-0.15, -0.1) is 0 Å². The van der Waals surface area contributed by atoms with Crippen molar-refractivity contribution >= 4 is 0 Å². The SMILES string of the molecule is C=C/C=C\C(=C)/C(C)=C/C=C. The molecule has 11 heavy (non-hydrogen) atoms. The maximum absolute atomic E-state index is 3.86. The van der Waals surface area contributed by atoms with Crippen LogP contribution < -0.4 is 0 Å². The highest BCUT2D eigenvalue weighted by Gasteiger charge is 1.87. The molecular formula is C11H14. The van der Waals surface area contributed by atoms with E-state index < -0.39 is 0 Å². The van der Waals surface area contributed by atoms with Gasteiger partial charge in [0.1, 0.15) is 0 Å². The first kappa shape index (κ1) is 9.70. The summed E-state index contributed by atoms with van der Waals surface area (Å²) >= 11 is 0. The quantitative estimate of drug-likeness (QED) is 0.533. The lowest BCUT2D eigenvalue weighted by Crippen LogP contribution is -1.76. The summed E-state index contributed by atoms with van der Waals surface area (Å²) in [4.78, 5) is 0. The van der Waals surface area contributed by atoms with Crippen molar-refractivity contribution in [3.05, 3.63) is 61.3 Å². The largest absolute Gasteiger partial charge is 0.0991 e. The first-order chi connectivity index (χ1) is 5.22. The average Bonchev–Trinajstić information content (AvgIpc) is 2.00. The van der Waals surface area contributed by atoms with Crippen molar-refractivity contribution in [3.8, 4) is 0 Å². The molecule has 0 heteroatoms. The minimum Gasteiger partial charge on any atom is -0.0991 e. The third-order valence-electron chi connectivity index (χ3n) is 1.31. The normalized spacial score (nSPS) is 11.5. The third-order valence-corrected chi connectivity index (χ3v) is 1.31. The van der Waals surface area contributed by atoms with E-state index in [2.05, 4.69) is 19.7 Å². The summed E-state index contributed by atoms with van der Waals surface area (Å²) in [6, 6.07) is 0. The summed E-state index contributed by atoms with van der Waals surface area (Å²) in [5.41, 5.74) is 2.11. The zero-order valence-electron chi connectivity index (χ0n) is 7.01. The maximum atomic E-state index is 3.86. The molecule has 0 amide bonds. The predicted molar refractivity (Wildman–Crippen MR) is 52.4 cm³/mol. The average molecular weight is 146 g/mol. The molecule has 0 aromatic heterocycles. The van der Waals surface area contributed by atoms with Crippen molar-refractivity contribution in [2.75, 3.05) is 0 Å². The van der Waals surface area contributed by atoms with E-state index in [1.807, 2.05) is 25.2 Å². The lowest BCUT2D eigenvalue weighted by molar-refractivity contribution is 1.44. The minimum atomic E-state index is 0.991. The van der Waals surface area contributed by atoms with Crippen LogP contribution >= 0.6 is 0 Å². The van der Waals surface area contributed by atoms with Gasteiger partial charge in [0.25, 0.3) is 0 Å². The van der Waals surface area contributed by atoms with Crippen LogP contribution in [0.25, 0.3) is 0 Å². The Balaban J connectivity index is 4.24. The molecule has 0 nitrogen and oxygen atoms in total. The van der Waals surface area contributed by atoms with E-state index >= 15 is 0 Å². The Kier molecular flexibility index (Phi) is 4.83. The van der Waals surface area contributed by atoms with Gasteiger partial charge in [0.05, 0.1) is 0 Å². The molecule has 58 valence electrons. The van der Waals surface area contributed by atoms with Gasteiger partial charge in [-0.05, 0) is 18.1 Å². The Bertz CT molecular complexity index is 214. The lowest BCUT2D eigenvalue weighted by atomic mass is 10.1. The van der Waals surface area contributed by atoms with Crippen molar-refractivity contribution in [2.45, 2.75) is 6.92 Å². The second kappa shape index (κ2) is 5.48. The highest BCUT2D eigenvalue weighted by molar-refractivity contribution is 5.38. The molecule has 0 aliphatic carbocycles. The highest BCUT2D eigenvalue weighted by atomic mass is 13.9. The molecular weight excluding hydrogens is 132 g/mol.